The van der Waals surface area contributed by atoms with E-state index in [1.54, 1.807) is 6.07 Å². The van der Waals surface area contributed by atoms with Gasteiger partial charge in [0.15, 0.2) is 5.65 Å². The minimum atomic E-state index is -0.197. The molecule has 1 aliphatic carbocycles. The Morgan fingerprint density at radius 3 is 2.53 bits per heavy atom. The fourth-order valence-corrected chi connectivity index (χ4v) is 7.09. The SMILES string of the molecule is Nc1ncnc2c1c(-c1ccc3[nH]cc(Cc4ccccc4F)c3c1)nn2C1CCC(N2CCN(CCCO)CC2)CC1. The lowest BCUT2D eigenvalue weighted by molar-refractivity contribution is 0.0680. The van der Waals surface area contributed by atoms with Crippen LogP contribution in [0.3, 0.4) is 0 Å². The summed E-state index contributed by atoms with van der Waals surface area (Å²) >= 11 is 0. The Labute approximate surface area is 250 Å². The number of anilines is 1. The number of H-pyrrole nitrogens is 1. The van der Waals surface area contributed by atoms with Crippen LogP contribution in [0, 0.1) is 5.82 Å². The molecule has 7 rings (SSSR count). The first-order valence-corrected chi connectivity index (χ1v) is 15.5. The number of hydrogen-bond donors (Lipinski definition) is 3. The molecule has 0 atom stereocenters. The molecule has 1 saturated heterocycles. The molecule has 3 aromatic heterocycles. The monoisotopic (exact) mass is 582 g/mol. The molecule has 1 saturated carbocycles. The molecule has 0 spiro atoms. The van der Waals surface area contributed by atoms with Crippen molar-refractivity contribution in [3.63, 3.8) is 0 Å². The highest BCUT2D eigenvalue weighted by Gasteiger charge is 2.31. The number of nitrogens with zero attached hydrogens (tertiary/aromatic N) is 6. The number of aromatic nitrogens is 5. The molecule has 0 amide bonds. The lowest BCUT2D eigenvalue weighted by Crippen LogP contribution is -2.51. The van der Waals surface area contributed by atoms with Crippen LogP contribution in [-0.4, -0.2) is 85.0 Å². The van der Waals surface area contributed by atoms with Crippen LogP contribution in [-0.2, 0) is 6.42 Å². The van der Waals surface area contributed by atoms with Gasteiger partial charge in [-0.1, -0.05) is 24.3 Å². The highest BCUT2D eigenvalue weighted by Crippen LogP contribution is 2.38. The summed E-state index contributed by atoms with van der Waals surface area (Å²) < 4.78 is 16.5. The first-order chi connectivity index (χ1) is 21.1. The summed E-state index contributed by atoms with van der Waals surface area (Å²) in [5.74, 6) is 0.234. The number of hydrogen-bond acceptors (Lipinski definition) is 7. The minimum absolute atomic E-state index is 0.197. The Hall–Kier alpha value is -3.86. The van der Waals surface area contributed by atoms with Crippen LogP contribution in [0.25, 0.3) is 33.2 Å². The number of nitrogens with one attached hydrogen (secondary N) is 1. The summed E-state index contributed by atoms with van der Waals surface area (Å²) in [7, 11) is 0. The molecule has 0 radical (unpaired) electrons. The summed E-state index contributed by atoms with van der Waals surface area (Å²) in [6.45, 7) is 5.61. The predicted molar refractivity (Wildman–Crippen MR) is 167 cm³/mol. The van der Waals surface area contributed by atoms with Crippen molar-refractivity contribution in [1.82, 2.24) is 34.5 Å². The van der Waals surface area contributed by atoms with E-state index in [4.69, 9.17) is 15.9 Å². The number of fused-ring (bicyclic) bond motifs is 2. The molecular formula is C33H39FN8O. The summed E-state index contributed by atoms with van der Waals surface area (Å²) in [5, 5.41) is 16.1. The summed E-state index contributed by atoms with van der Waals surface area (Å²) in [6, 6.07) is 14.0. The van der Waals surface area contributed by atoms with Crippen LogP contribution in [0.4, 0.5) is 10.2 Å². The lowest BCUT2D eigenvalue weighted by Gasteiger charge is -2.42. The van der Waals surface area contributed by atoms with Gasteiger partial charge in [-0.05, 0) is 61.4 Å². The molecule has 0 unspecified atom stereocenters. The van der Waals surface area contributed by atoms with Crippen molar-refractivity contribution in [3.8, 4) is 11.3 Å². The van der Waals surface area contributed by atoms with Crippen LogP contribution >= 0.6 is 0 Å². The molecule has 10 heteroatoms. The third-order valence-corrected chi connectivity index (χ3v) is 9.47. The van der Waals surface area contributed by atoms with Gasteiger partial charge in [-0.15, -0.1) is 0 Å². The maximum Gasteiger partial charge on any atom is 0.164 e. The number of benzene rings is 2. The zero-order valence-electron chi connectivity index (χ0n) is 24.4. The molecule has 43 heavy (non-hydrogen) atoms. The first-order valence-electron chi connectivity index (χ1n) is 15.5. The van der Waals surface area contributed by atoms with Crippen molar-refractivity contribution in [2.45, 2.75) is 50.6 Å². The number of nitrogen functional groups attached to an aromatic ring is 1. The van der Waals surface area contributed by atoms with Crippen LogP contribution in [0.2, 0.25) is 0 Å². The molecule has 9 nitrogen and oxygen atoms in total. The average molecular weight is 583 g/mol. The van der Waals surface area contributed by atoms with E-state index in [0.29, 0.717) is 23.8 Å². The van der Waals surface area contributed by atoms with E-state index in [-0.39, 0.29) is 18.5 Å². The topological polar surface area (TPSA) is 112 Å². The molecule has 224 valence electrons. The number of piperazine rings is 1. The van der Waals surface area contributed by atoms with Gasteiger partial charge in [-0.3, -0.25) is 4.90 Å². The van der Waals surface area contributed by atoms with E-state index in [9.17, 15) is 4.39 Å². The third-order valence-electron chi connectivity index (χ3n) is 9.47. The molecular weight excluding hydrogens is 543 g/mol. The fourth-order valence-electron chi connectivity index (χ4n) is 7.09. The largest absolute Gasteiger partial charge is 0.396 e. The van der Waals surface area contributed by atoms with Gasteiger partial charge in [-0.25, -0.2) is 19.0 Å². The van der Waals surface area contributed by atoms with Gasteiger partial charge < -0.3 is 20.7 Å². The van der Waals surface area contributed by atoms with Gasteiger partial charge >= 0.3 is 0 Å². The lowest BCUT2D eigenvalue weighted by atomic mass is 9.90. The minimum Gasteiger partial charge on any atom is -0.396 e. The van der Waals surface area contributed by atoms with Crippen LogP contribution in [0.15, 0.2) is 55.0 Å². The second kappa shape index (κ2) is 12.0. The number of nitrogens with two attached hydrogens (primary N) is 1. The molecule has 4 N–H and O–H groups in total. The number of halogens is 1. The zero-order valence-corrected chi connectivity index (χ0v) is 24.4. The van der Waals surface area contributed by atoms with E-state index in [2.05, 4.69) is 47.6 Å². The number of rotatable bonds is 8. The van der Waals surface area contributed by atoms with Crippen LogP contribution in [0.5, 0.6) is 0 Å². The van der Waals surface area contributed by atoms with Crippen molar-refractivity contribution in [3.05, 3.63) is 71.9 Å². The number of aliphatic hydroxyl groups excluding tert-OH is 1. The van der Waals surface area contributed by atoms with Gasteiger partial charge in [0.1, 0.15) is 23.7 Å². The van der Waals surface area contributed by atoms with Crippen LogP contribution in [0.1, 0.15) is 49.3 Å². The van der Waals surface area contributed by atoms with Gasteiger partial charge in [0.2, 0.25) is 0 Å². The average Bonchev–Trinajstić information content (AvgIpc) is 3.63. The summed E-state index contributed by atoms with van der Waals surface area (Å²) in [6.07, 6.45) is 9.19. The van der Waals surface area contributed by atoms with E-state index in [1.165, 1.54) is 12.4 Å². The van der Waals surface area contributed by atoms with Gasteiger partial charge in [-0.2, -0.15) is 5.10 Å². The van der Waals surface area contributed by atoms with E-state index >= 15 is 0 Å². The van der Waals surface area contributed by atoms with E-state index in [0.717, 1.165) is 104 Å². The Morgan fingerprint density at radius 2 is 1.74 bits per heavy atom. The van der Waals surface area contributed by atoms with Crippen LogP contribution < -0.4 is 5.73 Å². The Kier molecular flexibility index (Phi) is 7.81. The molecule has 4 heterocycles. The highest BCUT2D eigenvalue weighted by atomic mass is 19.1. The number of aromatic amines is 1. The summed E-state index contributed by atoms with van der Waals surface area (Å²) in [5.41, 5.74) is 11.7. The quantitative estimate of drug-likeness (QED) is 0.242. The smallest absolute Gasteiger partial charge is 0.164 e. The highest BCUT2D eigenvalue weighted by molar-refractivity contribution is 6.00. The molecule has 0 bridgehead atoms. The van der Waals surface area contributed by atoms with Crippen molar-refractivity contribution < 1.29 is 9.50 Å². The van der Waals surface area contributed by atoms with Gasteiger partial charge in [0.25, 0.3) is 0 Å². The Morgan fingerprint density at radius 1 is 0.953 bits per heavy atom. The predicted octanol–water partition coefficient (Wildman–Crippen LogP) is 4.77. The maximum absolute atomic E-state index is 14.4. The third kappa shape index (κ3) is 5.50. The van der Waals surface area contributed by atoms with E-state index < -0.39 is 0 Å². The van der Waals surface area contributed by atoms with Crippen molar-refractivity contribution in [2.75, 3.05) is 45.1 Å². The molecule has 1 aliphatic heterocycles. The van der Waals surface area contributed by atoms with Crippen molar-refractivity contribution in [2.24, 2.45) is 0 Å². The second-order valence-corrected chi connectivity index (χ2v) is 12.0. The van der Waals surface area contributed by atoms with Crippen molar-refractivity contribution in [1.29, 1.82) is 0 Å². The normalized spacial score (nSPS) is 20.3. The van der Waals surface area contributed by atoms with Gasteiger partial charge in [0, 0.05) is 74.5 Å². The molecule has 2 aromatic carbocycles. The summed E-state index contributed by atoms with van der Waals surface area (Å²) in [4.78, 5) is 17.5. The number of aliphatic hydroxyl groups is 1. The van der Waals surface area contributed by atoms with Crippen molar-refractivity contribution >= 4 is 27.8 Å². The Balaban J connectivity index is 1.13. The zero-order chi connectivity index (χ0) is 29.3. The molecule has 5 aromatic rings. The molecule has 2 fully saturated rings. The van der Waals surface area contributed by atoms with E-state index in [1.807, 2.05) is 18.3 Å². The fraction of sp³-hybridized carbons (Fsp3) is 0.424. The first kappa shape index (κ1) is 27.9. The maximum atomic E-state index is 14.4. The molecule has 2 aliphatic rings. The Bertz CT molecular complexity index is 1720. The standard InChI is InChI=1S/C33H39FN8O/c34-28-5-2-1-4-22(28)18-24-20-36-29-11-6-23(19-27(24)29)31-30-32(35)37-21-38-33(30)42(39-31)26-9-7-25(8-10-26)41-15-13-40(14-16-41)12-3-17-43/h1-2,4-6,11,19-21,25-26,36,43H,3,7-10,12-18H2,(H2,35,37,38). The second-order valence-electron chi connectivity index (χ2n) is 12.0. The van der Waals surface area contributed by atoms with Gasteiger partial charge in [0.05, 0.1) is 11.4 Å².